The lowest BCUT2D eigenvalue weighted by Gasteiger charge is -2.42. The summed E-state index contributed by atoms with van der Waals surface area (Å²) in [6.45, 7) is 3.41. The summed E-state index contributed by atoms with van der Waals surface area (Å²) in [7, 11) is 4.08. The van der Waals surface area contributed by atoms with Crippen molar-refractivity contribution >= 4 is 11.7 Å². The zero-order chi connectivity index (χ0) is 21.4. The Morgan fingerprint density at radius 1 is 1.13 bits per heavy atom. The molecule has 2 aromatic rings. The molecule has 5 rings (SSSR count). The molecule has 2 aliphatic heterocycles. The van der Waals surface area contributed by atoms with Crippen LogP contribution >= 0.6 is 0 Å². The molecule has 2 fully saturated rings. The van der Waals surface area contributed by atoms with Crippen LogP contribution in [0.25, 0.3) is 0 Å². The van der Waals surface area contributed by atoms with E-state index in [1.54, 1.807) is 0 Å². The molecule has 0 bridgehead atoms. The van der Waals surface area contributed by atoms with E-state index in [-0.39, 0.29) is 11.3 Å². The molecule has 0 radical (unpaired) electrons. The summed E-state index contributed by atoms with van der Waals surface area (Å²) in [5, 5.41) is 3.58. The van der Waals surface area contributed by atoms with Crippen LogP contribution in [0, 0.1) is 5.92 Å². The van der Waals surface area contributed by atoms with E-state index in [4.69, 9.17) is 4.98 Å². The highest BCUT2D eigenvalue weighted by Gasteiger charge is 2.51. The van der Waals surface area contributed by atoms with Gasteiger partial charge in [0.05, 0.1) is 5.92 Å². The number of carbonyl (C=O) groups excluding carboxylic acids is 1. The molecule has 5 heteroatoms. The highest BCUT2D eigenvalue weighted by Crippen LogP contribution is 2.46. The zero-order valence-electron chi connectivity index (χ0n) is 18.8. The summed E-state index contributed by atoms with van der Waals surface area (Å²) in [4.78, 5) is 22.9. The molecule has 1 aromatic carbocycles. The van der Waals surface area contributed by atoms with E-state index in [1.165, 1.54) is 16.8 Å². The van der Waals surface area contributed by atoms with Crippen LogP contribution in [-0.2, 0) is 16.6 Å². The molecule has 0 saturated carbocycles. The van der Waals surface area contributed by atoms with Gasteiger partial charge in [0.25, 0.3) is 0 Å². The predicted molar refractivity (Wildman–Crippen MR) is 125 cm³/mol. The summed E-state index contributed by atoms with van der Waals surface area (Å²) >= 11 is 0. The molecule has 5 nitrogen and oxygen atoms in total. The zero-order valence-corrected chi connectivity index (χ0v) is 18.8. The number of nitrogens with one attached hydrogen (secondary N) is 1. The number of piperidine rings is 1. The fraction of sp³-hybridized carbons (Fsp3) is 0.538. The van der Waals surface area contributed by atoms with Gasteiger partial charge in [-0.2, -0.15) is 0 Å². The number of aryl methyl sites for hydroxylation is 1. The average Bonchev–Trinajstić information content (AvgIpc) is 3.23. The highest BCUT2D eigenvalue weighted by atomic mass is 16.2. The molecular weight excluding hydrogens is 384 g/mol. The van der Waals surface area contributed by atoms with Gasteiger partial charge >= 0.3 is 0 Å². The van der Waals surface area contributed by atoms with Gasteiger partial charge in [0.15, 0.2) is 0 Å². The van der Waals surface area contributed by atoms with E-state index in [2.05, 4.69) is 57.6 Å². The largest absolute Gasteiger partial charge is 0.363 e. The number of rotatable bonds is 3. The van der Waals surface area contributed by atoms with E-state index in [0.717, 1.165) is 64.1 Å². The Kier molecular flexibility index (Phi) is 5.47. The van der Waals surface area contributed by atoms with Crippen LogP contribution in [0.15, 0.2) is 42.5 Å². The van der Waals surface area contributed by atoms with E-state index in [0.29, 0.717) is 11.8 Å². The number of benzene rings is 1. The molecule has 1 amide bonds. The number of anilines is 1. The van der Waals surface area contributed by atoms with Crippen LogP contribution in [0.4, 0.5) is 5.82 Å². The number of carbonyl (C=O) groups is 1. The standard InChI is InChI=1S/C26H34N4O/c1-29(2)24-11-10-21-23(28-24)9-6-14-26(21)18-27-17-22(26)25(31)30-15-12-20(13-16-30)19-7-4-3-5-8-19/h3-5,7-8,10-11,20,22,27H,6,9,12-18H2,1-2H3/t22-,26-/m0/s1. The molecule has 1 aliphatic carbocycles. The van der Waals surface area contributed by atoms with Crippen LogP contribution in [0.5, 0.6) is 0 Å². The van der Waals surface area contributed by atoms with Crippen molar-refractivity contribution in [3.8, 4) is 0 Å². The molecule has 0 unspecified atom stereocenters. The predicted octanol–water partition coefficient (Wildman–Crippen LogP) is 3.35. The number of hydrogen-bond acceptors (Lipinski definition) is 4. The summed E-state index contributed by atoms with van der Waals surface area (Å²) in [6.07, 6.45) is 5.33. The molecular formula is C26H34N4O. The third kappa shape index (κ3) is 3.63. The van der Waals surface area contributed by atoms with Crippen LogP contribution in [-0.4, -0.2) is 56.1 Å². The Labute approximate surface area is 185 Å². The van der Waals surface area contributed by atoms with Crippen LogP contribution in [0.2, 0.25) is 0 Å². The minimum atomic E-state index is -0.0984. The third-order valence-corrected chi connectivity index (χ3v) is 7.82. The number of likely N-dealkylation sites (tertiary alicyclic amines) is 1. The summed E-state index contributed by atoms with van der Waals surface area (Å²) in [5.74, 6) is 1.95. The topological polar surface area (TPSA) is 48.5 Å². The fourth-order valence-electron chi connectivity index (χ4n) is 6.09. The smallest absolute Gasteiger partial charge is 0.227 e. The van der Waals surface area contributed by atoms with Gasteiger partial charge in [-0.1, -0.05) is 36.4 Å². The van der Waals surface area contributed by atoms with Gasteiger partial charge in [0, 0.05) is 51.4 Å². The maximum Gasteiger partial charge on any atom is 0.227 e. The molecule has 3 aliphatic rings. The summed E-state index contributed by atoms with van der Waals surface area (Å²) in [6, 6.07) is 15.2. The normalized spacial score (nSPS) is 26.1. The van der Waals surface area contributed by atoms with Crippen LogP contribution < -0.4 is 10.2 Å². The van der Waals surface area contributed by atoms with Gasteiger partial charge in [0.2, 0.25) is 5.91 Å². The van der Waals surface area contributed by atoms with Gasteiger partial charge in [0.1, 0.15) is 5.82 Å². The second-order valence-electron chi connectivity index (χ2n) is 9.76. The van der Waals surface area contributed by atoms with Crippen molar-refractivity contribution in [2.75, 3.05) is 45.2 Å². The lowest BCUT2D eigenvalue weighted by atomic mass is 9.65. The second kappa shape index (κ2) is 8.27. The van der Waals surface area contributed by atoms with Crippen molar-refractivity contribution in [2.45, 2.75) is 43.4 Å². The maximum atomic E-state index is 13.8. The Morgan fingerprint density at radius 2 is 1.90 bits per heavy atom. The number of aromatic nitrogens is 1. The molecule has 1 N–H and O–H groups in total. The molecule has 2 saturated heterocycles. The lowest BCUT2D eigenvalue weighted by molar-refractivity contribution is -0.138. The van der Waals surface area contributed by atoms with Crippen molar-refractivity contribution in [3.05, 3.63) is 59.3 Å². The maximum absolute atomic E-state index is 13.8. The third-order valence-electron chi connectivity index (χ3n) is 7.82. The molecule has 1 spiro atoms. The molecule has 31 heavy (non-hydrogen) atoms. The van der Waals surface area contributed by atoms with Crippen molar-refractivity contribution in [1.82, 2.24) is 15.2 Å². The van der Waals surface area contributed by atoms with E-state index >= 15 is 0 Å². The van der Waals surface area contributed by atoms with E-state index in [9.17, 15) is 4.79 Å². The quantitative estimate of drug-likeness (QED) is 0.831. The van der Waals surface area contributed by atoms with Crippen LogP contribution in [0.1, 0.15) is 48.4 Å². The van der Waals surface area contributed by atoms with Gasteiger partial charge in [-0.15, -0.1) is 0 Å². The first-order valence-electron chi connectivity index (χ1n) is 11.8. The first-order valence-corrected chi connectivity index (χ1v) is 11.8. The van der Waals surface area contributed by atoms with Gasteiger partial charge in [-0.25, -0.2) is 4.98 Å². The molecule has 164 valence electrons. The number of fused-ring (bicyclic) bond motifs is 2. The van der Waals surface area contributed by atoms with Crippen molar-refractivity contribution < 1.29 is 4.79 Å². The number of nitrogens with zero attached hydrogens (tertiary/aromatic N) is 3. The fourth-order valence-corrected chi connectivity index (χ4v) is 6.09. The Hall–Kier alpha value is -2.40. The molecule has 1 aromatic heterocycles. The van der Waals surface area contributed by atoms with Crippen molar-refractivity contribution in [2.24, 2.45) is 5.92 Å². The highest BCUT2D eigenvalue weighted by molar-refractivity contribution is 5.82. The number of hydrogen-bond donors (Lipinski definition) is 1. The summed E-state index contributed by atoms with van der Waals surface area (Å²) < 4.78 is 0. The molecule has 2 atom stereocenters. The Bertz CT molecular complexity index is 936. The minimum absolute atomic E-state index is 0.0202. The van der Waals surface area contributed by atoms with Gasteiger partial charge in [-0.3, -0.25) is 4.79 Å². The Balaban J connectivity index is 1.35. The van der Waals surface area contributed by atoms with Crippen LogP contribution in [0.3, 0.4) is 0 Å². The second-order valence-corrected chi connectivity index (χ2v) is 9.76. The first-order chi connectivity index (χ1) is 15.1. The number of pyridine rings is 1. The van der Waals surface area contributed by atoms with Crippen molar-refractivity contribution in [3.63, 3.8) is 0 Å². The monoisotopic (exact) mass is 418 g/mol. The SMILES string of the molecule is CN(C)c1ccc2c(n1)CCC[C@]21CNC[C@H]1C(=O)N1CCC(c2ccccc2)CC1. The van der Waals surface area contributed by atoms with E-state index < -0.39 is 0 Å². The average molecular weight is 419 g/mol. The minimum Gasteiger partial charge on any atom is -0.363 e. The van der Waals surface area contributed by atoms with Gasteiger partial charge in [-0.05, 0) is 55.2 Å². The number of amides is 1. The van der Waals surface area contributed by atoms with E-state index in [1.807, 2.05) is 14.1 Å². The lowest BCUT2D eigenvalue weighted by Crippen LogP contribution is -2.49. The first kappa shape index (κ1) is 20.5. The summed E-state index contributed by atoms with van der Waals surface area (Å²) in [5.41, 5.74) is 3.82. The van der Waals surface area contributed by atoms with Crippen molar-refractivity contribution in [1.29, 1.82) is 0 Å². The van der Waals surface area contributed by atoms with Gasteiger partial charge < -0.3 is 15.1 Å². The Morgan fingerprint density at radius 3 is 2.65 bits per heavy atom. The molecule has 3 heterocycles.